The number of benzene rings is 2. The zero-order valence-electron chi connectivity index (χ0n) is 16.3. The average molecular weight is 363 g/mol. The Morgan fingerprint density at radius 1 is 0.926 bits per heavy atom. The quantitative estimate of drug-likeness (QED) is 0.856. The fraction of sp³-hybridized carbons (Fsp3) is 0.417. The number of piperidine rings is 1. The molecule has 2 aliphatic rings. The van der Waals surface area contributed by atoms with Crippen molar-refractivity contribution in [2.24, 2.45) is 0 Å². The molecule has 3 heteroatoms. The summed E-state index contributed by atoms with van der Waals surface area (Å²) in [5, 5.41) is 9.49. The molecular weight excluding hydrogens is 332 g/mol. The van der Waals surface area contributed by atoms with Crippen LogP contribution in [-0.4, -0.2) is 40.6 Å². The second-order valence-corrected chi connectivity index (χ2v) is 8.10. The fourth-order valence-electron chi connectivity index (χ4n) is 4.58. The molecule has 4 rings (SSSR count). The highest BCUT2D eigenvalue weighted by Crippen LogP contribution is 2.34. The van der Waals surface area contributed by atoms with Crippen LogP contribution >= 0.6 is 0 Å². The van der Waals surface area contributed by atoms with Gasteiger partial charge >= 0.3 is 0 Å². The number of nitrogens with zero attached hydrogens (tertiary/aromatic N) is 2. The summed E-state index contributed by atoms with van der Waals surface area (Å²) in [5.74, 6) is 0.965. The number of hydrogen-bond acceptors (Lipinski definition) is 3. The molecule has 0 aromatic heterocycles. The number of hydrogen-bond donors (Lipinski definition) is 1. The van der Waals surface area contributed by atoms with E-state index >= 15 is 0 Å². The van der Waals surface area contributed by atoms with E-state index in [9.17, 15) is 5.11 Å². The van der Waals surface area contributed by atoms with Crippen LogP contribution in [0.3, 0.4) is 0 Å². The maximum absolute atomic E-state index is 9.49. The van der Waals surface area contributed by atoms with Gasteiger partial charge in [0.15, 0.2) is 0 Å². The van der Waals surface area contributed by atoms with Gasteiger partial charge in [0.1, 0.15) is 5.75 Å². The van der Waals surface area contributed by atoms with Crippen molar-refractivity contribution in [3.8, 4) is 5.75 Å². The lowest BCUT2D eigenvalue weighted by molar-refractivity contribution is 0.171. The third kappa shape index (κ3) is 4.03. The van der Waals surface area contributed by atoms with Crippen LogP contribution in [-0.2, 0) is 6.54 Å². The van der Waals surface area contributed by atoms with Crippen molar-refractivity contribution in [2.75, 3.05) is 19.6 Å². The van der Waals surface area contributed by atoms with Gasteiger partial charge in [-0.1, -0.05) is 48.5 Å². The van der Waals surface area contributed by atoms with Gasteiger partial charge in [0.2, 0.25) is 0 Å². The highest BCUT2D eigenvalue weighted by atomic mass is 16.3. The Labute approximate surface area is 162 Å². The van der Waals surface area contributed by atoms with Gasteiger partial charge < -0.3 is 10.0 Å². The molecule has 1 atom stereocenters. The standard InChI is InChI=1S/C24H30N2O/c1-18-3-5-20(6-4-18)17-26-16-13-24(19(26)2)25-14-11-22(12-15-25)21-7-9-23(27)10-8-21/h3-10,22,24,27H,2,11-17H2,1H3. The molecule has 2 aromatic rings. The van der Waals surface area contributed by atoms with Crippen LogP contribution in [0, 0.1) is 6.92 Å². The van der Waals surface area contributed by atoms with Crippen LogP contribution in [0.1, 0.15) is 41.9 Å². The van der Waals surface area contributed by atoms with E-state index in [1.54, 1.807) is 0 Å². The van der Waals surface area contributed by atoms with Crippen LogP contribution in [0.25, 0.3) is 0 Å². The highest BCUT2D eigenvalue weighted by molar-refractivity contribution is 5.29. The summed E-state index contributed by atoms with van der Waals surface area (Å²) < 4.78 is 0. The van der Waals surface area contributed by atoms with Crippen molar-refractivity contribution >= 4 is 0 Å². The first-order valence-electron chi connectivity index (χ1n) is 10.1. The molecule has 0 saturated carbocycles. The van der Waals surface area contributed by atoms with Crippen molar-refractivity contribution in [2.45, 2.75) is 44.7 Å². The Hall–Kier alpha value is -2.26. The molecule has 2 aliphatic heterocycles. The first-order chi connectivity index (χ1) is 13.1. The zero-order chi connectivity index (χ0) is 18.8. The van der Waals surface area contributed by atoms with E-state index in [4.69, 9.17) is 0 Å². The Balaban J connectivity index is 1.33. The van der Waals surface area contributed by atoms with E-state index < -0.39 is 0 Å². The Bertz CT molecular complexity index is 773. The third-order valence-corrected chi connectivity index (χ3v) is 6.29. The highest BCUT2D eigenvalue weighted by Gasteiger charge is 2.33. The first-order valence-corrected chi connectivity index (χ1v) is 10.1. The second-order valence-electron chi connectivity index (χ2n) is 8.10. The Kier molecular flexibility index (Phi) is 5.22. The van der Waals surface area contributed by atoms with Crippen LogP contribution in [0.5, 0.6) is 5.75 Å². The molecule has 2 fully saturated rings. The van der Waals surface area contributed by atoms with Gasteiger partial charge in [-0.05, 0) is 68.5 Å². The summed E-state index contributed by atoms with van der Waals surface area (Å²) in [6.45, 7) is 10.9. The number of likely N-dealkylation sites (tertiary alicyclic amines) is 2. The lowest BCUT2D eigenvalue weighted by Crippen LogP contribution is -2.41. The number of aromatic hydroxyl groups is 1. The summed E-state index contributed by atoms with van der Waals surface area (Å²) in [6, 6.07) is 17.1. The minimum atomic E-state index is 0.354. The second kappa shape index (κ2) is 7.77. The van der Waals surface area contributed by atoms with Gasteiger partial charge in [0.05, 0.1) is 6.04 Å². The molecule has 2 saturated heterocycles. The molecule has 0 amide bonds. The van der Waals surface area contributed by atoms with Gasteiger partial charge in [0, 0.05) is 18.8 Å². The summed E-state index contributed by atoms with van der Waals surface area (Å²) in [7, 11) is 0. The Morgan fingerprint density at radius 3 is 2.26 bits per heavy atom. The first kappa shape index (κ1) is 18.1. The lowest BCUT2D eigenvalue weighted by Gasteiger charge is -2.37. The molecule has 0 radical (unpaired) electrons. The van der Waals surface area contributed by atoms with Crippen LogP contribution in [0.4, 0.5) is 0 Å². The largest absolute Gasteiger partial charge is 0.508 e. The van der Waals surface area contributed by atoms with Crippen molar-refractivity contribution in [1.29, 1.82) is 0 Å². The van der Waals surface area contributed by atoms with Crippen molar-refractivity contribution in [3.63, 3.8) is 0 Å². The van der Waals surface area contributed by atoms with Gasteiger partial charge in [0.25, 0.3) is 0 Å². The van der Waals surface area contributed by atoms with Gasteiger partial charge in [-0.3, -0.25) is 4.90 Å². The molecular formula is C24H30N2O. The minimum absolute atomic E-state index is 0.354. The van der Waals surface area contributed by atoms with Crippen LogP contribution < -0.4 is 0 Å². The van der Waals surface area contributed by atoms with E-state index in [0.29, 0.717) is 17.7 Å². The molecule has 2 aromatic carbocycles. The van der Waals surface area contributed by atoms with E-state index in [1.807, 2.05) is 12.1 Å². The molecule has 3 nitrogen and oxygen atoms in total. The number of phenolic OH excluding ortho intramolecular Hbond substituents is 1. The summed E-state index contributed by atoms with van der Waals surface area (Å²) in [5.41, 5.74) is 5.33. The molecule has 27 heavy (non-hydrogen) atoms. The third-order valence-electron chi connectivity index (χ3n) is 6.29. The normalized spacial score (nSPS) is 21.7. The van der Waals surface area contributed by atoms with Crippen molar-refractivity contribution in [1.82, 2.24) is 9.80 Å². The molecule has 0 aliphatic carbocycles. The predicted molar refractivity (Wildman–Crippen MR) is 111 cm³/mol. The average Bonchev–Trinajstić information content (AvgIpc) is 3.05. The fourth-order valence-corrected chi connectivity index (χ4v) is 4.58. The zero-order valence-corrected chi connectivity index (χ0v) is 16.3. The minimum Gasteiger partial charge on any atom is -0.508 e. The van der Waals surface area contributed by atoms with E-state index in [-0.39, 0.29) is 0 Å². The number of phenols is 1. The van der Waals surface area contributed by atoms with E-state index in [0.717, 1.165) is 26.2 Å². The monoisotopic (exact) mass is 362 g/mol. The molecule has 1 unspecified atom stereocenters. The summed E-state index contributed by atoms with van der Waals surface area (Å²) >= 11 is 0. The van der Waals surface area contributed by atoms with Crippen molar-refractivity contribution in [3.05, 3.63) is 77.5 Å². The SMILES string of the molecule is C=C1C(N2CCC(c3ccc(O)cc3)CC2)CCN1Cc1ccc(C)cc1. The molecule has 2 heterocycles. The lowest BCUT2D eigenvalue weighted by atomic mass is 9.88. The van der Waals surface area contributed by atoms with Crippen molar-refractivity contribution < 1.29 is 5.11 Å². The molecule has 0 bridgehead atoms. The van der Waals surface area contributed by atoms with Crippen LogP contribution in [0.15, 0.2) is 60.8 Å². The topological polar surface area (TPSA) is 26.7 Å². The smallest absolute Gasteiger partial charge is 0.115 e. The number of aryl methyl sites for hydroxylation is 1. The van der Waals surface area contributed by atoms with E-state index in [1.165, 1.54) is 41.6 Å². The molecule has 0 spiro atoms. The Morgan fingerprint density at radius 2 is 1.59 bits per heavy atom. The van der Waals surface area contributed by atoms with Crippen LogP contribution in [0.2, 0.25) is 0 Å². The predicted octanol–water partition coefficient (Wildman–Crippen LogP) is 4.67. The maximum Gasteiger partial charge on any atom is 0.115 e. The summed E-state index contributed by atoms with van der Waals surface area (Å²) in [4.78, 5) is 5.09. The summed E-state index contributed by atoms with van der Waals surface area (Å²) in [6.07, 6.45) is 3.56. The van der Waals surface area contributed by atoms with Gasteiger partial charge in [-0.25, -0.2) is 0 Å². The van der Waals surface area contributed by atoms with E-state index in [2.05, 4.69) is 59.7 Å². The van der Waals surface area contributed by atoms with Gasteiger partial charge in [-0.15, -0.1) is 0 Å². The van der Waals surface area contributed by atoms with Gasteiger partial charge in [-0.2, -0.15) is 0 Å². The molecule has 142 valence electrons. The molecule has 1 N–H and O–H groups in total. The number of rotatable bonds is 4. The maximum atomic E-state index is 9.49.